The highest BCUT2D eigenvalue weighted by molar-refractivity contribution is 6.09. The lowest BCUT2D eigenvalue weighted by Gasteiger charge is -2.09. The van der Waals surface area contributed by atoms with Crippen molar-refractivity contribution in [2.45, 2.75) is 26.8 Å². The topological polar surface area (TPSA) is 59.3 Å². The van der Waals surface area contributed by atoms with Crippen LogP contribution in [0.25, 0.3) is 0 Å². The molecule has 0 aromatic carbocycles. The minimum atomic E-state index is 0.0633. The van der Waals surface area contributed by atoms with Crippen LogP contribution < -0.4 is 5.43 Å². The second kappa shape index (κ2) is 3.68. The van der Waals surface area contributed by atoms with Crippen molar-refractivity contribution in [3.05, 3.63) is 18.0 Å². The van der Waals surface area contributed by atoms with Crippen LogP contribution in [0.4, 0.5) is 0 Å². The average molecular weight is 232 g/mol. The van der Waals surface area contributed by atoms with Crippen molar-refractivity contribution in [3.8, 4) is 0 Å². The monoisotopic (exact) mass is 232 g/mol. The summed E-state index contributed by atoms with van der Waals surface area (Å²) in [6.45, 7) is 5.24. The molecule has 0 spiro atoms. The van der Waals surface area contributed by atoms with Gasteiger partial charge in [0, 0.05) is 30.1 Å². The van der Waals surface area contributed by atoms with Crippen LogP contribution in [0.5, 0.6) is 0 Å². The van der Waals surface area contributed by atoms with E-state index in [1.54, 1.807) is 0 Å². The first-order chi connectivity index (χ1) is 8.15. The summed E-state index contributed by atoms with van der Waals surface area (Å²) >= 11 is 0. The Morgan fingerprint density at radius 2 is 2.35 bits per heavy atom. The van der Waals surface area contributed by atoms with E-state index in [9.17, 15) is 4.79 Å². The molecule has 5 nitrogen and oxygen atoms in total. The van der Waals surface area contributed by atoms with Crippen LogP contribution in [0, 0.1) is 17.8 Å². The third-order valence-corrected chi connectivity index (χ3v) is 3.25. The summed E-state index contributed by atoms with van der Waals surface area (Å²) in [5.74, 6) is 1.11. The van der Waals surface area contributed by atoms with Gasteiger partial charge < -0.3 is 0 Å². The zero-order chi connectivity index (χ0) is 12.0. The average Bonchev–Trinajstić information content (AvgIpc) is 2.95. The lowest BCUT2D eigenvalue weighted by Crippen LogP contribution is -2.28. The molecule has 1 aromatic rings. The molecule has 1 aliphatic heterocycles. The van der Waals surface area contributed by atoms with E-state index in [0.29, 0.717) is 11.8 Å². The van der Waals surface area contributed by atoms with Gasteiger partial charge in [0.2, 0.25) is 5.91 Å². The van der Waals surface area contributed by atoms with E-state index in [2.05, 4.69) is 29.5 Å². The summed E-state index contributed by atoms with van der Waals surface area (Å²) in [6.07, 6.45) is 4.79. The van der Waals surface area contributed by atoms with E-state index < -0.39 is 0 Å². The summed E-state index contributed by atoms with van der Waals surface area (Å²) in [4.78, 5) is 11.3. The summed E-state index contributed by atoms with van der Waals surface area (Å²) in [7, 11) is 0. The molecule has 0 bridgehead atoms. The standard InChI is InChI=1S/C12H16N4O/c1-7(2)5-16-6-8(4-13-16)11-9-3-10(9)12(17)15-14-11/h4,6-7,9-10H,3,5H2,1-2H3,(H,15,17)/t9-,10+/m0/s1. The van der Waals surface area contributed by atoms with E-state index in [1.807, 2.05) is 17.1 Å². The fraction of sp³-hybridized carbons (Fsp3) is 0.583. The Morgan fingerprint density at radius 3 is 3.12 bits per heavy atom. The van der Waals surface area contributed by atoms with Gasteiger partial charge in [0.1, 0.15) is 0 Å². The quantitative estimate of drug-likeness (QED) is 0.845. The van der Waals surface area contributed by atoms with Gasteiger partial charge in [0.15, 0.2) is 0 Å². The van der Waals surface area contributed by atoms with Crippen LogP contribution in [0.15, 0.2) is 17.5 Å². The van der Waals surface area contributed by atoms with Crippen LogP contribution in [0.1, 0.15) is 25.8 Å². The second-order valence-corrected chi connectivity index (χ2v) is 5.27. The minimum absolute atomic E-state index is 0.0633. The van der Waals surface area contributed by atoms with Crippen LogP contribution in [0.3, 0.4) is 0 Å². The molecule has 0 radical (unpaired) electrons. The lowest BCUT2D eigenvalue weighted by molar-refractivity contribution is -0.122. The third kappa shape index (κ3) is 1.85. The Balaban J connectivity index is 1.81. The second-order valence-electron chi connectivity index (χ2n) is 5.27. The zero-order valence-electron chi connectivity index (χ0n) is 10.1. The van der Waals surface area contributed by atoms with Crippen molar-refractivity contribution in [1.29, 1.82) is 0 Å². The maximum absolute atomic E-state index is 11.3. The summed E-state index contributed by atoms with van der Waals surface area (Å²) in [5, 5.41) is 8.49. The number of fused-ring (bicyclic) bond motifs is 1. The van der Waals surface area contributed by atoms with Gasteiger partial charge >= 0.3 is 0 Å². The number of hydrazone groups is 1. The molecule has 1 saturated carbocycles. The van der Waals surface area contributed by atoms with E-state index in [4.69, 9.17) is 0 Å². The molecule has 1 aliphatic carbocycles. The molecule has 2 aliphatic rings. The first-order valence-electron chi connectivity index (χ1n) is 6.05. The van der Waals surface area contributed by atoms with Crippen molar-refractivity contribution < 1.29 is 4.79 Å². The largest absolute Gasteiger partial charge is 0.273 e. The SMILES string of the molecule is CC(C)Cn1cc(C2=NNC(=O)[C@@H]3C[C@H]23)cn1. The first-order valence-corrected chi connectivity index (χ1v) is 6.05. The van der Waals surface area contributed by atoms with Gasteiger partial charge in [-0.1, -0.05) is 13.8 Å². The number of amides is 1. The van der Waals surface area contributed by atoms with Gasteiger partial charge in [0.25, 0.3) is 0 Å². The van der Waals surface area contributed by atoms with Gasteiger partial charge in [-0.15, -0.1) is 0 Å². The molecule has 1 aromatic heterocycles. The zero-order valence-corrected chi connectivity index (χ0v) is 10.1. The van der Waals surface area contributed by atoms with Gasteiger partial charge in [-0.25, -0.2) is 5.43 Å². The Kier molecular flexibility index (Phi) is 2.28. The van der Waals surface area contributed by atoms with Gasteiger partial charge in [0.05, 0.1) is 11.9 Å². The van der Waals surface area contributed by atoms with Crippen molar-refractivity contribution in [1.82, 2.24) is 15.2 Å². The maximum Gasteiger partial charge on any atom is 0.243 e. The highest BCUT2D eigenvalue weighted by Crippen LogP contribution is 2.43. The predicted octanol–water partition coefficient (Wildman–Crippen LogP) is 1.01. The summed E-state index contributed by atoms with van der Waals surface area (Å²) in [5.41, 5.74) is 4.61. The Labute approximate surface area is 99.9 Å². The molecule has 1 fully saturated rings. The minimum Gasteiger partial charge on any atom is -0.273 e. The van der Waals surface area contributed by atoms with Gasteiger partial charge in [-0.3, -0.25) is 9.48 Å². The van der Waals surface area contributed by atoms with Crippen molar-refractivity contribution in [3.63, 3.8) is 0 Å². The fourth-order valence-electron chi connectivity index (χ4n) is 2.32. The van der Waals surface area contributed by atoms with Crippen molar-refractivity contribution in [2.24, 2.45) is 22.9 Å². The molecule has 0 saturated heterocycles. The Morgan fingerprint density at radius 1 is 1.53 bits per heavy atom. The number of carbonyl (C=O) groups is 1. The number of nitrogens with one attached hydrogen (secondary N) is 1. The number of rotatable bonds is 3. The first kappa shape index (κ1) is 10.5. The Bertz CT molecular complexity index is 488. The normalized spacial score (nSPS) is 26.5. The van der Waals surface area contributed by atoms with Crippen LogP contribution >= 0.6 is 0 Å². The third-order valence-electron chi connectivity index (χ3n) is 3.25. The number of nitrogens with zero attached hydrogens (tertiary/aromatic N) is 3. The number of hydrogen-bond donors (Lipinski definition) is 1. The molecule has 1 N–H and O–H groups in total. The summed E-state index contributed by atoms with van der Waals surface area (Å²) in [6, 6.07) is 0. The van der Waals surface area contributed by atoms with E-state index >= 15 is 0 Å². The highest BCUT2D eigenvalue weighted by atomic mass is 16.2. The number of hydrogen-bond acceptors (Lipinski definition) is 3. The summed E-state index contributed by atoms with van der Waals surface area (Å²) < 4.78 is 1.94. The molecule has 1 amide bonds. The maximum atomic E-state index is 11.3. The molecule has 17 heavy (non-hydrogen) atoms. The number of aromatic nitrogens is 2. The van der Waals surface area contributed by atoms with Crippen LogP contribution in [-0.2, 0) is 11.3 Å². The number of carbonyl (C=O) groups excluding carboxylic acids is 1. The fourth-order valence-corrected chi connectivity index (χ4v) is 2.32. The molecular formula is C12H16N4O. The predicted molar refractivity (Wildman–Crippen MR) is 63.3 cm³/mol. The van der Waals surface area contributed by atoms with Crippen LogP contribution in [-0.4, -0.2) is 21.4 Å². The molecule has 2 heterocycles. The van der Waals surface area contributed by atoms with E-state index in [-0.39, 0.29) is 11.8 Å². The lowest BCUT2D eigenvalue weighted by atomic mass is 10.1. The smallest absolute Gasteiger partial charge is 0.243 e. The van der Waals surface area contributed by atoms with Gasteiger partial charge in [-0.2, -0.15) is 10.2 Å². The van der Waals surface area contributed by atoms with Crippen LogP contribution in [0.2, 0.25) is 0 Å². The van der Waals surface area contributed by atoms with Crippen molar-refractivity contribution >= 4 is 11.6 Å². The molecule has 90 valence electrons. The Hall–Kier alpha value is -1.65. The van der Waals surface area contributed by atoms with E-state index in [0.717, 1.165) is 24.2 Å². The van der Waals surface area contributed by atoms with E-state index in [1.165, 1.54) is 0 Å². The highest BCUT2D eigenvalue weighted by Gasteiger charge is 2.49. The van der Waals surface area contributed by atoms with Gasteiger partial charge in [-0.05, 0) is 12.3 Å². The molecule has 2 atom stereocenters. The molecular weight excluding hydrogens is 216 g/mol. The molecule has 3 rings (SSSR count). The molecule has 5 heteroatoms. The van der Waals surface area contributed by atoms with Crippen molar-refractivity contribution in [2.75, 3.05) is 0 Å². The molecule has 0 unspecified atom stereocenters.